The predicted molar refractivity (Wildman–Crippen MR) is 81.3 cm³/mol. The molecule has 2 nitrogen and oxygen atoms in total. The first-order chi connectivity index (χ1) is 9.79. The number of ether oxygens (including phenoxy) is 1. The topological polar surface area (TPSA) is 29.5 Å². The standard InChI is InChI=1S/C18H16O2/c1-20-17-10-15-13(8-9-16(15)19)14-7-6-11-4-2-3-5-12(11)18(14)17/h2-7,10,16,19H,8-9H2,1H3. The normalized spacial score (nSPS) is 17.6. The molecule has 20 heavy (non-hydrogen) atoms. The summed E-state index contributed by atoms with van der Waals surface area (Å²) in [5.74, 6) is 0.858. The summed E-state index contributed by atoms with van der Waals surface area (Å²) in [6.07, 6.45) is 1.40. The Labute approximate surface area is 117 Å². The summed E-state index contributed by atoms with van der Waals surface area (Å²) in [4.78, 5) is 0. The summed E-state index contributed by atoms with van der Waals surface area (Å²) in [5.41, 5.74) is 2.31. The van der Waals surface area contributed by atoms with Crippen molar-refractivity contribution in [1.82, 2.24) is 0 Å². The molecular weight excluding hydrogens is 248 g/mol. The fourth-order valence-electron chi connectivity index (χ4n) is 3.42. The van der Waals surface area contributed by atoms with Crippen LogP contribution in [-0.2, 0) is 6.42 Å². The Morgan fingerprint density at radius 2 is 1.95 bits per heavy atom. The molecule has 1 aliphatic rings. The van der Waals surface area contributed by atoms with Crippen molar-refractivity contribution < 1.29 is 9.84 Å². The Bertz CT molecular complexity index is 820. The van der Waals surface area contributed by atoms with E-state index in [0.717, 1.165) is 24.2 Å². The minimum absolute atomic E-state index is 0.352. The second kappa shape index (κ2) is 4.22. The molecule has 0 fully saturated rings. The van der Waals surface area contributed by atoms with Gasteiger partial charge < -0.3 is 9.84 Å². The van der Waals surface area contributed by atoms with Gasteiger partial charge in [0, 0.05) is 5.39 Å². The van der Waals surface area contributed by atoms with E-state index in [-0.39, 0.29) is 6.10 Å². The van der Waals surface area contributed by atoms with Crippen molar-refractivity contribution >= 4 is 21.5 Å². The molecule has 0 saturated carbocycles. The van der Waals surface area contributed by atoms with Crippen LogP contribution in [0.1, 0.15) is 23.7 Å². The van der Waals surface area contributed by atoms with Gasteiger partial charge in [-0.25, -0.2) is 0 Å². The van der Waals surface area contributed by atoms with Crippen molar-refractivity contribution in [1.29, 1.82) is 0 Å². The molecular formula is C18H16O2. The summed E-state index contributed by atoms with van der Waals surface area (Å²) in [6.45, 7) is 0. The zero-order valence-electron chi connectivity index (χ0n) is 11.4. The van der Waals surface area contributed by atoms with Crippen LogP contribution in [0.15, 0.2) is 42.5 Å². The molecule has 1 unspecified atom stereocenters. The Balaban J connectivity index is 2.21. The monoisotopic (exact) mass is 264 g/mol. The number of rotatable bonds is 1. The molecule has 0 bridgehead atoms. The van der Waals surface area contributed by atoms with Crippen molar-refractivity contribution in [3.05, 3.63) is 53.6 Å². The van der Waals surface area contributed by atoms with Crippen LogP contribution in [0.5, 0.6) is 5.75 Å². The average Bonchev–Trinajstić information content (AvgIpc) is 2.87. The number of benzene rings is 3. The van der Waals surface area contributed by atoms with Crippen molar-refractivity contribution in [3.8, 4) is 5.75 Å². The smallest absolute Gasteiger partial charge is 0.127 e. The summed E-state index contributed by atoms with van der Waals surface area (Å²) in [7, 11) is 1.70. The fraction of sp³-hybridized carbons (Fsp3) is 0.222. The number of aliphatic hydroxyl groups excluding tert-OH is 1. The van der Waals surface area contributed by atoms with Gasteiger partial charge in [0.25, 0.3) is 0 Å². The van der Waals surface area contributed by atoms with Crippen LogP contribution >= 0.6 is 0 Å². The van der Waals surface area contributed by atoms with Crippen LogP contribution in [0.3, 0.4) is 0 Å². The fourth-order valence-corrected chi connectivity index (χ4v) is 3.42. The van der Waals surface area contributed by atoms with Crippen LogP contribution < -0.4 is 4.74 Å². The van der Waals surface area contributed by atoms with E-state index in [1.54, 1.807) is 7.11 Å². The van der Waals surface area contributed by atoms with E-state index < -0.39 is 0 Å². The first-order valence-corrected chi connectivity index (χ1v) is 6.99. The number of fused-ring (bicyclic) bond motifs is 5. The van der Waals surface area contributed by atoms with E-state index in [9.17, 15) is 5.11 Å². The molecule has 0 spiro atoms. The number of hydrogen-bond acceptors (Lipinski definition) is 2. The minimum Gasteiger partial charge on any atom is -0.496 e. The number of aryl methyl sites for hydroxylation is 1. The lowest BCUT2D eigenvalue weighted by molar-refractivity contribution is 0.179. The molecule has 1 aliphatic carbocycles. The lowest BCUT2D eigenvalue weighted by atomic mass is 9.95. The maximum absolute atomic E-state index is 10.1. The van der Waals surface area contributed by atoms with Crippen LogP contribution in [0.25, 0.3) is 21.5 Å². The average molecular weight is 264 g/mol. The zero-order valence-corrected chi connectivity index (χ0v) is 11.4. The van der Waals surface area contributed by atoms with Crippen molar-refractivity contribution in [2.75, 3.05) is 7.11 Å². The van der Waals surface area contributed by atoms with Crippen molar-refractivity contribution in [2.45, 2.75) is 18.9 Å². The summed E-state index contributed by atoms with van der Waals surface area (Å²) in [5, 5.41) is 14.9. The predicted octanol–water partition coefficient (Wildman–Crippen LogP) is 3.98. The van der Waals surface area contributed by atoms with E-state index in [1.165, 1.54) is 27.1 Å². The lowest BCUT2D eigenvalue weighted by Gasteiger charge is -2.14. The Kier molecular flexibility index (Phi) is 2.48. The second-order valence-electron chi connectivity index (χ2n) is 5.41. The SMILES string of the molecule is COc1cc2c(c3ccc4ccccc4c13)CCC2O. The molecule has 1 atom stereocenters. The van der Waals surface area contributed by atoms with Gasteiger partial charge in [-0.3, -0.25) is 0 Å². The van der Waals surface area contributed by atoms with Crippen LogP contribution in [0, 0.1) is 0 Å². The molecule has 3 aromatic carbocycles. The third-order valence-electron chi connectivity index (χ3n) is 4.38. The highest BCUT2D eigenvalue weighted by atomic mass is 16.5. The van der Waals surface area contributed by atoms with Gasteiger partial charge in [-0.2, -0.15) is 0 Å². The van der Waals surface area contributed by atoms with Crippen LogP contribution in [0.4, 0.5) is 0 Å². The van der Waals surface area contributed by atoms with Crippen LogP contribution in [-0.4, -0.2) is 12.2 Å². The summed E-state index contributed by atoms with van der Waals surface area (Å²) in [6, 6.07) is 14.7. The van der Waals surface area contributed by atoms with Gasteiger partial charge >= 0.3 is 0 Å². The van der Waals surface area contributed by atoms with Gasteiger partial charge in [0.05, 0.1) is 13.2 Å². The Morgan fingerprint density at radius 3 is 2.80 bits per heavy atom. The Hall–Kier alpha value is -2.06. The molecule has 0 aliphatic heterocycles. The van der Waals surface area contributed by atoms with Crippen LogP contribution in [0.2, 0.25) is 0 Å². The number of methoxy groups -OCH3 is 1. The van der Waals surface area contributed by atoms with Gasteiger partial charge in [-0.05, 0) is 46.2 Å². The molecule has 0 amide bonds. The minimum atomic E-state index is -0.352. The molecule has 1 N–H and O–H groups in total. The highest BCUT2D eigenvalue weighted by molar-refractivity contribution is 6.12. The molecule has 0 saturated heterocycles. The largest absolute Gasteiger partial charge is 0.496 e. The molecule has 0 radical (unpaired) electrons. The highest BCUT2D eigenvalue weighted by Crippen LogP contribution is 2.43. The third-order valence-corrected chi connectivity index (χ3v) is 4.38. The maximum Gasteiger partial charge on any atom is 0.127 e. The Morgan fingerprint density at radius 1 is 1.10 bits per heavy atom. The van der Waals surface area contributed by atoms with Crippen molar-refractivity contribution in [2.24, 2.45) is 0 Å². The van der Waals surface area contributed by atoms with Gasteiger partial charge in [-0.1, -0.05) is 36.4 Å². The molecule has 3 aromatic rings. The van der Waals surface area contributed by atoms with Gasteiger partial charge in [0.15, 0.2) is 0 Å². The summed E-state index contributed by atoms with van der Waals surface area (Å²) >= 11 is 0. The van der Waals surface area contributed by atoms with Crippen molar-refractivity contribution in [3.63, 3.8) is 0 Å². The number of hydrogen-bond donors (Lipinski definition) is 1. The van der Waals surface area contributed by atoms with E-state index in [0.29, 0.717) is 0 Å². The van der Waals surface area contributed by atoms with E-state index in [4.69, 9.17) is 4.74 Å². The quantitative estimate of drug-likeness (QED) is 0.674. The second-order valence-corrected chi connectivity index (χ2v) is 5.41. The molecule has 4 rings (SSSR count). The van der Waals surface area contributed by atoms with E-state index in [1.807, 2.05) is 6.07 Å². The van der Waals surface area contributed by atoms with E-state index in [2.05, 4.69) is 36.4 Å². The van der Waals surface area contributed by atoms with Gasteiger partial charge in [0.2, 0.25) is 0 Å². The first-order valence-electron chi connectivity index (χ1n) is 6.99. The zero-order chi connectivity index (χ0) is 13.7. The maximum atomic E-state index is 10.1. The summed E-state index contributed by atoms with van der Waals surface area (Å²) < 4.78 is 5.60. The molecule has 0 aromatic heterocycles. The van der Waals surface area contributed by atoms with Gasteiger partial charge in [0.1, 0.15) is 5.75 Å². The first kappa shape index (κ1) is 11.7. The highest BCUT2D eigenvalue weighted by Gasteiger charge is 2.24. The number of aliphatic hydroxyl groups is 1. The third kappa shape index (κ3) is 1.49. The molecule has 0 heterocycles. The lowest BCUT2D eigenvalue weighted by Crippen LogP contribution is -1.95. The van der Waals surface area contributed by atoms with E-state index >= 15 is 0 Å². The van der Waals surface area contributed by atoms with Gasteiger partial charge in [-0.15, -0.1) is 0 Å². The molecule has 100 valence electrons. The molecule has 2 heteroatoms.